The van der Waals surface area contributed by atoms with Crippen LogP contribution in [0.1, 0.15) is 5.56 Å². The molecule has 1 aromatic carbocycles. The molecule has 0 aliphatic rings. The van der Waals surface area contributed by atoms with Crippen LogP contribution in [0.25, 0.3) is 0 Å². The van der Waals surface area contributed by atoms with E-state index >= 15 is 0 Å². The van der Waals surface area contributed by atoms with Crippen molar-refractivity contribution in [1.29, 1.82) is 0 Å². The molecule has 0 fully saturated rings. The fourth-order valence-electron chi connectivity index (χ4n) is 1.18. The number of halogens is 1. The first-order valence-electron chi connectivity index (χ1n) is 4.46. The lowest BCUT2D eigenvalue weighted by molar-refractivity contribution is 1.38. The maximum atomic E-state index is 5.68. The van der Waals surface area contributed by atoms with E-state index in [2.05, 4.69) is 39.5 Å². The van der Waals surface area contributed by atoms with Gasteiger partial charge in [-0.1, -0.05) is 28.1 Å². The highest BCUT2D eigenvalue weighted by molar-refractivity contribution is 9.10. The van der Waals surface area contributed by atoms with Gasteiger partial charge in [0, 0.05) is 15.9 Å². The number of nitrogens with two attached hydrogens (primary N) is 1. The second kappa shape index (κ2) is 5.05. The summed E-state index contributed by atoms with van der Waals surface area (Å²) < 4.78 is 2.44. The van der Waals surface area contributed by atoms with Gasteiger partial charge in [0.15, 0.2) is 0 Å². The van der Waals surface area contributed by atoms with Crippen LogP contribution in [0, 0.1) is 0 Å². The molecule has 1 heterocycles. The highest BCUT2D eigenvalue weighted by Crippen LogP contribution is 2.30. The Bertz CT molecular complexity index is 440. The van der Waals surface area contributed by atoms with E-state index in [1.54, 1.807) is 11.3 Å². The Morgan fingerprint density at radius 3 is 2.87 bits per heavy atom. The van der Waals surface area contributed by atoms with Crippen molar-refractivity contribution in [3.63, 3.8) is 0 Å². The molecule has 0 aliphatic carbocycles. The topological polar surface area (TPSA) is 26.0 Å². The Kier molecular flexibility index (Phi) is 3.72. The molecule has 0 saturated carbocycles. The van der Waals surface area contributed by atoms with E-state index in [1.165, 1.54) is 9.77 Å². The Labute approximate surface area is 106 Å². The van der Waals surface area contributed by atoms with Crippen molar-refractivity contribution >= 4 is 44.7 Å². The van der Waals surface area contributed by atoms with Gasteiger partial charge in [-0.25, -0.2) is 0 Å². The van der Waals surface area contributed by atoms with Crippen LogP contribution in [0.2, 0.25) is 0 Å². The van der Waals surface area contributed by atoms with Gasteiger partial charge in [-0.3, -0.25) is 0 Å². The van der Waals surface area contributed by atoms with Gasteiger partial charge < -0.3 is 5.73 Å². The Morgan fingerprint density at radius 1 is 1.33 bits per heavy atom. The van der Waals surface area contributed by atoms with E-state index in [9.17, 15) is 0 Å². The summed E-state index contributed by atoms with van der Waals surface area (Å²) in [7, 11) is 0. The summed E-state index contributed by atoms with van der Waals surface area (Å²) in [5, 5.41) is 2.10. The number of thioether (sulfide) groups is 1. The quantitative estimate of drug-likeness (QED) is 0.672. The Balaban J connectivity index is 2.05. The summed E-state index contributed by atoms with van der Waals surface area (Å²) >= 11 is 7.14. The number of hydrogen-bond acceptors (Lipinski definition) is 3. The van der Waals surface area contributed by atoms with E-state index in [0.29, 0.717) is 0 Å². The van der Waals surface area contributed by atoms with Crippen LogP contribution in [0.5, 0.6) is 0 Å². The van der Waals surface area contributed by atoms with Gasteiger partial charge in [-0.15, -0.1) is 23.1 Å². The predicted molar refractivity (Wildman–Crippen MR) is 72.4 cm³/mol. The second-order valence-electron chi connectivity index (χ2n) is 3.07. The van der Waals surface area contributed by atoms with Crippen LogP contribution >= 0.6 is 39.0 Å². The molecule has 15 heavy (non-hydrogen) atoms. The standard InChI is InChI=1S/C11H10BrNS2/c12-10-6-9(13)4-3-8(10)7-15-11-2-1-5-14-11/h1-6H,7,13H2. The van der Waals surface area contributed by atoms with Gasteiger partial charge >= 0.3 is 0 Å². The van der Waals surface area contributed by atoms with E-state index in [0.717, 1.165) is 15.9 Å². The van der Waals surface area contributed by atoms with Crippen molar-refractivity contribution in [2.45, 2.75) is 9.96 Å². The summed E-state index contributed by atoms with van der Waals surface area (Å²) in [6, 6.07) is 10.2. The molecule has 2 aromatic rings. The number of hydrogen-bond donors (Lipinski definition) is 1. The Hall–Kier alpha value is -0.450. The third-order valence-corrected chi connectivity index (χ3v) is 4.86. The van der Waals surface area contributed by atoms with Crippen LogP contribution in [-0.2, 0) is 5.75 Å². The van der Waals surface area contributed by atoms with Crippen LogP contribution in [0.4, 0.5) is 5.69 Å². The second-order valence-corrected chi connectivity index (χ2v) is 6.15. The first-order valence-corrected chi connectivity index (χ1v) is 7.12. The van der Waals surface area contributed by atoms with Crippen LogP contribution in [0.3, 0.4) is 0 Å². The predicted octanol–water partition coefficient (Wildman–Crippen LogP) is 4.39. The number of rotatable bonds is 3. The molecular weight excluding hydrogens is 290 g/mol. The first kappa shape index (κ1) is 11.0. The van der Waals surface area contributed by atoms with Gasteiger partial charge in [0.1, 0.15) is 0 Å². The van der Waals surface area contributed by atoms with Gasteiger partial charge in [0.2, 0.25) is 0 Å². The highest BCUT2D eigenvalue weighted by Gasteiger charge is 2.01. The van der Waals surface area contributed by atoms with Crippen LogP contribution in [-0.4, -0.2) is 0 Å². The largest absolute Gasteiger partial charge is 0.399 e. The molecule has 0 amide bonds. The van der Waals surface area contributed by atoms with Gasteiger partial charge in [-0.05, 0) is 29.1 Å². The average Bonchev–Trinajstić information content (AvgIpc) is 2.69. The normalized spacial score (nSPS) is 10.5. The number of thiophene rings is 1. The fourth-order valence-corrected chi connectivity index (χ4v) is 3.69. The molecule has 0 radical (unpaired) electrons. The van der Waals surface area contributed by atoms with Crippen molar-refractivity contribution in [1.82, 2.24) is 0 Å². The molecule has 78 valence electrons. The minimum Gasteiger partial charge on any atom is -0.399 e. The summed E-state index contributed by atoms with van der Waals surface area (Å²) in [6.45, 7) is 0. The van der Waals surface area contributed by atoms with Gasteiger partial charge in [0.05, 0.1) is 4.21 Å². The lowest BCUT2D eigenvalue weighted by Crippen LogP contribution is -1.87. The summed E-state index contributed by atoms with van der Waals surface area (Å²) in [5.74, 6) is 0.974. The molecule has 2 rings (SSSR count). The maximum Gasteiger partial charge on any atom is 0.0601 e. The third kappa shape index (κ3) is 3.00. The highest BCUT2D eigenvalue weighted by atomic mass is 79.9. The third-order valence-electron chi connectivity index (χ3n) is 1.94. The molecular formula is C11H10BrNS2. The Morgan fingerprint density at radius 2 is 2.20 bits per heavy atom. The summed E-state index contributed by atoms with van der Waals surface area (Å²) in [4.78, 5) is 0. The smallest absolute Gasteiger partial charge is 0.0601 e. The SMILES string of the molecule is Nc1ccc(CSc2cccs2)c(Br)c1. The van der Waals surface area contributed by atoms with E-state index < -0.39 is 0 Å². The summed E-state index contributed by atoms with van der Waals surface area (Å²) in [5.41, 5.74) is 7.76. The van der Waals surface area contributed by atoms with Crippen LogP contribution in [0.15, 0.2) is 44.4 Å². The average molecular weight is 300 g/mol. The van der Waals surface area contributed by atoms with Gasteiger partial charge in [-0.2, -0.15) is 0 Å². The zero-order valence-corrected chi connectivity index (χ0v) is 11.2. The number of benzene rings is 1. The van der Waals surface area contributed by atoms with Crippen molar-refractivity contribution in [2.75, 3.05) is 5.73 Å². The fraction of sp³-hybridized carbons (Fsp3) is 0.0909. The van der Waals surface area contributed by atoms with Crippen LogP contribution < -0.4 is 5.73 Å². The molecule has 2 N–H and O–H groups in total. The number of anilines is 1. The molecule has 0 bridgehead atoms. The van der Waals surface area contributed by atoms with Crippen molar-refractivity contribution in [2.24, 2.45) is 0 Å². The molecule has 0 unspecified atom stereocenters. The maximum absolute atomic E-state index is 5.68. The van der Waals surface area contributed by atoms with E-state index in [-0.39, 0.29) is 0 Å². The molecule has 0 aliphatic heterocycles. The monoisotopic (exact) mass is 299 g/mol. The lowest BCUT2D eigenvalue weighted by atomic mass is 10.2. The molecule has 1 aromatic heterocycles. The minimum atomic E-state index is 0.798. The minimum absolute atomic E-state index is 0.798. The zero-order chi connectivity index (χ0) is 10.7. The lowest BCUT2D eigenvalue weighted by Gasteiger charge is -2.04. The van der Waals surface area contributed by atoms with E-state index in [4.69, 9.17) is 5.73 Å². The molecule has 1 nitrogen and oxygen atoms in total. The van der Waals surface area contributed by atoms with Crippen molar-refractivity contribution < 1.29 is 0 Å². The molecule has 0 saturated heterocycles. The molecule has 0 spiro atoms. The van der Waals surface area contributed by atoms with E-state index in [1.807, 2.05) is 23.9 Å². The molecule has 4 heteroatoms. The van der Waals surface area contributed by atoms with Crippen molar-refractivity contribution in [3.05, 3.63) is 45.7 Å². The number of nitrogen functional groups attached to an aromatic ring is 1. The zero-order valence-electron chi connectivity index (χ0n) is 7.94. The van der Waals surface area contributed by atoms with Crippen molar-refractivity contribution in [3.8, 4) is 0 Å². The summed E-state index contributed by atoms with van der Waals surface area (Å²) in [6.07, 6.45) is 0. The first-order chi connectivity index (χ1) is 7.25. The van der Waals surface area contributed by atoms with Gasteiger partial charge in [0.25, 0.3) is 0 Å². The molecule has 0 atom stereocenters.